The Labute approximate surface area is 185 Å². The highest BCUT2D eigenvalue weighted by Gasteiger charge is 2.15. The molecule has 0 bridgehead atoms. The summed E-state index contributed by atoms with van der Waals surface area (Å²) < 4.78 is 1.32. The van der Waals surface area contributed by atoms with Crippen LogP contribution in [0, 0.1) is 20.8 Å². The molecule has 2 aromatic heterocycles. The molecule has 8 nitrogen and oxygen atoms in total. The molecule has 0 radical (unpaired) electrons. The van der Waals surface area contributed by atoms with Gasteiger partial charge in [0.2, 0.25) is 11.9 Å². The lowest BCUT2D eigenvalue weighted by Gasteiger charge is -2.09. The zero-order valence-electron chi connectivity index (χ0n) is 18.4. The first kappa shape index (κ1) is 21.3. The third-order valence-corrected chi connectivity index (χ3v) is 5.36. The molecular weight excluding hydrogens is 404 g/mol. The number of benzene rings is 2. The van der Waals surface area contributed by atoms with Gasteiger partial charge < -0.3 is 10.6 Å². The highest BCUT2D eigenvalue weighted by molar-refractivity contribution is 5.91. The van der Waals surface area contributed by atoms with Crippen LogP contribution in [0.2, 0.25) is 0 Å². The zero-order valence-corrected chi connectivity index (χ0v) is 18.4. The molecule has 0 saturated heterocycles. The smallest absolute Gasteiger partial charge is 0.277 e. The van der Waals surface area contributed by atoms with Crippen LogP contribution in [0.4, 0.5) is 11.6 Å². The van der Waals surface area contributed by atoms with Crippen molar-refractivity contribution in [3.63, 3.8) is 0 Å². The van der Waals surface area contributed by atoms with E-state index in [9.17, 15) is 9.59 Å². The lowest BCUT2D eigenvalue weighted by Crippen LogP contribution is -2.23. The second-order valence-corrected chi connectivity index (χ2v) is 7.89. The molecule has 0 saturated carbocycles. The topological polar surface area (TPSA) is 104 Å². The van der Waals surface area contributed by atoms with Gasteiger partial charge in [-0.25, -0.2) is 4.98 Å². The summed E-state index contributed by atoms with van der Waals surface area (Å²) in [6.07, 6.45) is 0.480. The summed E-state index contributed by atoms with van der Waals surface area (Å²) in [5, 5.41) is 9.06. The summed E-state index contributed by atoms with van der Waals surface area (Å²) in [5.74, 6) is 0.616. The normalized spacial score (nSPS) is 11.0. The second kappa shape index (κ2) is 9.05. The summed E-state index contributed by atoms with van der Waals surface area (Å²) in [6, 6.07) is 15.8. The van der Waals surface area contributed by atoms with Gasteiger partial charge in [-0.3, -0.25) is 14.7 Å². The molecule has 2 heterocycles. The van der Waals surface area contributed by atoms with E-state index < -0.39 is 0 Å². The Morgan fingerprint density at radius 2 is 1.84 bits per heavy atom. The van der Waals surface area contributed by atoms with Crippen LogP contribution in [-0.2, 0) is 17.8 Å². The summed E-state index contributed by atoms with van der Waals surface area (Å²) in [4.78, 5) is 34.3. The number of hydrogen-bond donors (Lipinski definition) is 3. The van der Waals surface area contributed by atoms with Gasteiger partial charge in [0.15, 0.2) is 0 Å². The summed E-state index contributed by atoms with van der Waals surface area (Å²) in [5.41, 5.74) is 4.86. The number of nitrogens with zero attached hydrogens (tertiary/aromatic N) is 3. The lowest BCUT2D eigenvalue weighted by atomic mass is 10.1. The van der Waals surface area contributed by atoms with Gasteiger partial charge in [-0.1, -0.05) is 48.0 Å². The first-order chi connectivity index (χ1) is 15.4. The molecule has 1 amide bonds. The third kappa shape index (κ3) is 4.69. The van der Waals surface area contributed by atoms with Gasteiger partial charge in [0.25, 0.3) is 11.3 Å². The molecular formula is C24H26N6O2. The van der Waals surface area contributed by atoms with Crippen LogP contribution in [-0.4, -0.2) is 25.5 Å². The van der Waals surface area contributed by atoms with Crippen LogP contribution in [0.25, 0.3) is 5.78 Å². The predicted molar refractivity (Wildman–Crippen MR) is 125 cm³/mol. The molecule has 164 valence electrons. The number of anilines is 2. The Balaban J connectivity index is 1.46. The molecule has 2 aromatic carbocycles. The molecule has 0 aliphatic carbocycles. The largest absolute Gasteiger partial charge is 0.351 e. The first-order valence-corrected chi connectivity index (χ1v) is 10.5. The predicted octanol–water partition coefficient (Wildman–Crippen LogP) is 3.53. The van der Waals surface area contributed by atoms with Crippen molar-refractivity contribution in [2.75, 3.05) is 10.6 Å². The molecule has 0 aliphatic heterocycles. The minimum absolute atomic E-state index is 0.143. The number of aryl methyl sites for hydroxylation is 3. The molecule has 0 atom stereocenters. The number of H-pyrrole nitrogens is 1. The van der Waals surface area contributed by atoms with Gasteiger partial charge in [0, 0.05) is 24.2 Å². The number of amides is 1. The number of fused-ring (bicyclic) bond motifs is 1. The SMILES string of the molecule is Cc1ccc(NC(=O)CCc2c(C)nc3nc(NCc4ccccc4)[nH]n3c2=O)c(C)c1. The van der Waals surface area contributed by atoms with Crippen molar-refractivity contribution in [2.24, 2.45) is 0 Å². The minimum Gasteiger partial charge on any atom is -0.351 e. The Morgan fingerprint density at radius 3 is 2.59 bits per heavy atom. The minimum atomic E-state index is -0.243. The lowest BCUT2D eigenvalue weighted by molar-refractivity contribution is -0.116. The number of carbonyl (C=O) groups is 1. The maximum Gasteiger partial charge on any atom is 0.277 e. The van der Waals surface area contributed by atoms with Gasteiger partial charge in [0.05, 0.1) is 5.69 Å². The van der Waals surface area contributed by atoms with Crippen molar-refractivity contribution in [2.45, 2.75) is 40.2 Å². The van der Waals surface area contributed by atoms with Crippen LogP contribution >= 0.6 is 0 Å². The maximum absolute atomic E-state index is 13.0. The maximum atomic E-state index is 13.0. The third-order valence-electron chi connectivity index (χ3n) is 5.36. The van der Waals surface area contributed by atoms with Crippen molar-refractivity contribution in [1.82, 2.24) is 19.6 Å². The Morgan fingerprint density at radius 1 is 1.06 bits per heavy atom. The summed E-state index contributed by atoms with van der Waals surface area (Å²) >= 11 is 0. The van der Waals surface area contributed by atoms with E-state index in [-0.39, 0.29) is 17.9 Å². The Hall–Kier alpha value is -3.94. The average molecular weight is 431 g/mol. The fourth-order valence-corrected chi connectivity index (χ4v) is 3.61. The van der Waals surface area contributed by atoms with E-state index in [0.29, 0.717) is 35.9 Å². The molecule has 0 spiro atoms. The number of carbonyl (C=O) groups excluding carboxylic acids is 1. The molecule has 0 aliphatic rings. The van der Waals surface area contributed by atoms with E-state index in [2.05, 4.69) is 25.7 Å². The summed E-state index contributed by atoms with van der Waals surface area (Å²) in [6.45, 7) is 6.30. The van der Waals surface area contributed by atoms with Gasteiger partial charge in [-0.05, 0) is 44.4 Å². The molecule has 4 aromatic rings. The van der Waals surface area contributed by atoms with Gasteiger partial charge in [-0.15, -0.1) is 0 Å². The number of hydrogen-bond acceptors (Lipinski definition) is 5. The van der Waals surface area contributed by atoms with Crippen LogP contribution in [0.15, 0.2) is 53.3 Å². The molecule has 8 heteroatoms. The van der Waals surface area contributed by atoms with E-state index >= 15 is 0 Å². The van der Waals surface area contributed by atoms with Crippen LogP contribution < -0.4 is 16.2 Å². The molecule has 3 N–H and O–H groups in total. The molecule has 4 rings (SSSR count). The fourth-order valence-electron chi connectivity index (χ4n) is 3.61. The van der Waals surface area contributed by atoms with Crippen molar-refractivity contribution in [3.05, 3.63) is 86.8 Å². The Bertz CT molecular complexity index is 1320. The van der Waals surface area contributed by atoms with E-state index in [4.69, 9.17) is 0 Å². The van der Waals surface area contributed by atoms with Crippen LogP contribution in [0.3, 0.4) is 0 Å². The summed E-state index contributed by atoms with van der Waals surface area (Å²) in [7, 11) is 0. The monoisotopic (exact) mass is 430 g/mol. The van der Waals surface area contributed by atoms with E-state index in [1.807, 2.05) is 62.4 Å². The Kier molecular flexibility index (Phi) is 6.02. The van der Waals surface area contributed by atoms with Crippen molar-refractivity contribution in [1.29, 1.82) is 0 Å². The molecule has 32 heavy (non-hydrogen) atoms. The van der Waals surface area contributed by atoms with Gasteiger partial charge in [0.1, 0.15) is 0 Å². The second-order valence-electron chi connectivity index (χ2n) is 7.89. The number of aromatic amines is 1. The number of aromatic nitrogens is 4. The standard InChI is InChI=1S/C24H26N6O2/c1-15-9-11-20(16(2)13-15)27-21(31)12-10-19-17(3)26-24-28-23(29-30(24)22(19)32)25-14-18-7-5-4-6-8-18/h4-9,11,13H,10,12,14H2,1-3H3,(H,27,31)(H2,25,26,28,29). The number of nitrogens with one attached hydrogen (secondary N) is 3. The van der Waals surface area contributed by atoms with Gasteiger partial charge >= 0.3 is 0 Å². The van der Waals surface area contributed by atoms with Crippen molar-refractivity contribution in [3.8, 4) is 0 Å². The van der Waals surface area contributed by atoms with Gasteiger partial charge in [-0.2, -0.15) is 9.50 Å². The van der Waals surface area contributed by atoms with E-state index in [1.54, 1.807) is 6.92 Å². The highest BCUT2D eigenvalue weighted by atomic mass is 16.1. The highest BCUT2D eigenvalue weighted by Crippen LogP contribution is 2.16. The fraction of sp³-hybridized carbons (Fsp3) is 0.250. The van der Waals surface area contributed by atoms with Crippen molar-refractivity contribution >= 4 is 23.3 Å². The van der Waals surface area contributed by atoms with Crippen molar-refractivity contribution < 1.29 is 4.79 Å². The molecule has 0 fully saturated rings. The zero-order chi connectivity index (χ0) is 22.7. The average Bonchev–Trinajstić information content (AvgIpc) is 3.18. The quantitative estimate of drug-likeness (QED) is 0.416. The first-order valence-electron chi connectivity index (χ1n) is 10.5. The van der Waals surface area contributed by atoms with Crippen LogP contribution in [0.1, 0.15) is 34.4 Å². The van der Waals surface area contributed by atoms with Crippen LogP contribution in [0.5, 0.6) is 0 Å². The number of rotatable bonds is 7. The molecule has 0 unspecified atom stereocenters. The van der Waals surface area contributed by atoms with E-state index in [0.717, 1.165) is 22.4 Å². The van der Waals surface area contributed by atoms with E-state index in [1.165, 1.54) is 4.52 Å².